The molecule has 0 bridgehead atoms. The Hall–Kier alpha value is -2.89. The highest BCUT2D eigenvalue weighted by Crippen LogP contribution is 2.21. The number of carbonyl (C=O) groups is 1. The lowest BCUT2D eigenvalue weighted by Gasteiger charge is -2.08. The first kappa shape index (κ1) is 12.2. The zero-order chi connectivity index (χ0) is 13.9. The van der Waals surface area contributed by atoms with Gasteiger partial charge in [0.25, 0.3) is 0 Å². The molecule has 0 saturated heterocycles. The second-order valence-corrected chi connectivity index (χ2v) is 4.23. The lowest BCUT2D eigenvalue weighted by Crippen LogP contribution is -2.03. The van der Waals surface area contributed by atoms with Crippen molar-refractivity contribution in [2.75, 3.05) is 0 Å². The van der Waals surface area contributed by atoms with E-state index < -0.39 is 5.97 Å². The summed E-state index contributed by atoms with van der Waals surface area (Å²) in [5.41, 5.74) is 1.61. The summed E-state index contributed by atoms with van der Waals surface area (Å²) >= 11 is 0. The van der Waals surface area contributed by atoms with Gasteiger partial charge >= 0.3 is 5.97 Å². The third-order valence-corrected chi connectivity index (χ3v) is 2.84. The van der Waals surface area contributed by atoms with Gasteiger partial charge in [-0.05, 0) is 5.56 Å². The number of aromatic nitrogens is 3. The molecular formula is C14H11N3O3. The van der Waals surface area contributed by atoms with Gasteiger partial charge in [0.15, 0.2) is 5.75 Å². The van der Waals surface area contributed by atoms with Crippen LogP contribution in [0.15, 0.2) is 48.9 Å². The van der Waals surface area contributed by atoms with Crippen molar-refractivity contribution in [2.45, 2.75) is 6.61 Å². The van der Waals surface area contributed by atoms with E-state index >= 15 is 0 Å². The van der Waals surface area contributed by atoms with Crippen LogP contribution < -0.4 is 4.74 Å². The number of hydrogen-bond acceptors (Lipinski definition) is 4. The number of aromatic carboxylic acids is 1. The van der Waals surface area contributed by atoms with Crippen LogP contribution in [0, 0.1) is 0 Å². The van der Waals surface area contributed by atoms with Crippen molar-refractivity contribution in [2.24, 2.45) is 0 Å². The first-order valence-corrected chi connectivity index (χ1v) is 5.97. The SMILES string of the molecule is O=C(O)c1cc(OCc2ccccc2)c2nncn2c1. The van der Waals surface area contributed by atoms with Gasteiger partial charge in [-0.3, -0.25) is 4.40 Å². The van der Waals surface area contributed by atoms with E-state index in [0.717, 1.165) is 5.56 Å². The predicted molar refractivity (Wildman–Crippen MR) is 70.7 cm³/mol. The third kappa shape index (κ3) is 2.31. The molecule has 0 amide bonds. The number of pyridine rings is 1. The number of carboxylic acids is 1. The van der Waals surface area contributed by atoms with Crippen molar-refractivity contribution < 1.29 is 14.6 Å². The van der Waals surface area contributed by atoms with E-state index in [1.165, 1.54) is 23.0 Å². The van der Waals surface area contributed by atoms with Crippen molar-refractivity contribution in [3.05, 3.63) is 60.0 Å². The summed E-state index contributed by atoms with van der Waals surface area (Å²) in [7, 11) is 0. The summed E-state index contributed by atoms with van der Waals surface area (Å²) in [6.07, 6.45) is 2.89. The zero-order valence-electron chi connectivity index (χ0n) is 10.4. The van der Waals surface area contributed by atoms with Crippen LogP contribution in [0.5, 0.6) is 5.75 Å². The number of rotatable bonds is 4. The number of fused-ring (bicyclic) bond motifs is 1. The van der Waals surface area contributed by atoms with Gasteiger partial charge in [0.05, 0.1) is 5.56 Å². The number of carboxylic acid groups (broad SMARTS) is 1. The summed E-state index contributed by atoms with van der Waals surface area (Å²) < 4.78 is 7.20. The average molecular weight is 269 g/mol. The molecule has 3 rings (SSSR count). The van der Waals surface area contributed by atoms with E-state index in [1.807, 2.05) is 30.3 Å². The Morgan fingerprint density at radius 2 is 2.10 bits per heavy atom. The Kier molecular flexibility index (Phi) is 3.04. The van der Waals surface area contributed by atoms with Crippen LogP contribution in [-0.4, -0.2) is 25.7 Å². The van der Waals surface area contributed by atoms with Crippen molar-refractivity contribution in [3.63, 3.8) is 0 Å². The Morgan fingerprint density at radius 1 is 1.30 bits per heavy atom. The molecule has 0 aliphatic carbocycles. The molecule has 6 nitrogen and oxygen atoms in total. The molecule has 0 unspecified atom stereocenters. The van der Waals surface area contributed by atoms with E-state index in [0.29, 0.717) is 18.0 Å². The minimum absolute atomic E-state index is 0.125. The number of ether oxygens (including phenoxy) is 1. The van der Waals surface area contributed by atoms with Crippen molar-refractivity contribution in [1.82, 2.24) is 14.6 Å². The normalized spacial score (nSPS) is 10.6. The molecule has 1 aromatic carbocycles. The third-order valence-electron chi connectivity index (χ3n) is 2.84. The fraction of sp³-hybridized carbons (Fsp3) is 0.0714. The molecule has 6 heteroatoms. The monoisotopic (exact) mass is 269 g/mol. The largest absolute Gasteiger partial charge is 0.485 e. The van der Waals surface area contributed by atoms with Crippen LogP contribution in [0.2, 0.25) is 0 Å². The molecule has 0 spiro atoms. The predicted octanol–water partition coefficient (Wildman–Crippen LogP) is 2.01. The molecule has 0 saturated carbocycles. The molecule has 20 heavy (non-hydrogen) atoms. The quantitative estimate of drug-likeness (QED) is 0.784. The summed E-state index contributed by atoms with van der Waals surface area (Å²) in [5.74, 6) is -0.628. The number of hydrogen-bond donors (Lipinski definition) is 1. The van der Waals surface area contributed by atoms with Gasteiger partial charge in [-0.25, -0.2) is 4.79 Å². The second-order valence-electron chi connectivity index (χ2n) is 4.23. The summed E-state index contributed by atoms with van der Waals surface area (Å²) in [6.45, 7) is 0.340. The van der Waals surface area contributed by atoms with Gasteiger partial charge in [0.2, 0.25) is 5.65 Å². The molecular weight excluding hydrogens is 258 g/mol. The van der Waals surface area contributed by atoms with Crippen LogP contribution >= 0.6 is 0 Å². The van der Waals surface area contributed by atoms with E-state index in [2.05, 4.69) is 10.2 Å². The maximum Gasteiger partial charge on any atom is 0.337 e. The van der Waals surface area contributed by atoms with Gasteiger partial charge in [0.1, 0.15) is 12.9 Å². The fourth-order valence-corrected chi connectivity index (χ4v) is 1.86. The van der Waals surface area contributed by atoms with E-state index in [-0.39, 0.29) is 5.56 Å². The van der Waals surface area contributed by atoms with Crippen LogP contribution in [0.4, 0.5) is 0 Å². The topological polar surface area (TPSA) is 76.7 Å². The summed E-state index contributed by atoms with van der Waals surface area (Å²) in [6, 6.07) is 11.1. The van der Waals surface area contributed by atoms with Crippen molar-refractivity contribution in [3.8, 4) is 5.75 Å². The number of nitrogens with zero attached hydrogens (tertiary/aromatic N) is 3. The standard InChI is InChI=1S/C14H11N3O3/c18-14(19)11-6-12(13-16-15-9-17(13)7-11)20-8-10-4-2-1-3-5-10/h1-7,9H,8H2,(H,18,19). The Bertz CT molecular complexity index is 753. The van der Waals surface area contributed by atoms with Crippen molar-refractivity contribution >= 4 is 11.6 Å². The van der Waals surface area contributed by atoms with Gasteiger partial charge < -0.3 is 9.84 Å². The van der Waals surface area contributed by atoms with Crippen LogP contribution in [0.25, 0.3) is 5.65 Å². The minimum atomic E-state index is -1.02. The Balaban J connectivity index is 1.93. The maximum atomic E-state index is 11.1. The molecule has 100 valence electrons. The highest BCUT2D eigenvalue weighted by atomic mass is 16.5. The molecule has 1 N–H and O–H groups in total. The lowest BCUT2D eigenvalue weighted by molar-refractivity contribution is 0.0695. The average Bonchev–Trinajstić information content (AvgIpc) is 2.94. The van der Waals surface area contributed by atoms with Gasteiger partial charge in [-0.1, -0.05) is 30.3 Å². The van der Waals surface area contributed by atoms with Crippen LogP contribution in [0.3, 0.4) is 0 Å². The van der Waals surface area contributed by atoms with E-state index in [9.17, 15) is 4.79 Å². The van der Waals surface area contributed by atoms with Gasteiger partial charge in [-0.2, -0.15) is 0 Å². The molecule has 0 fully saturated rings. The Morgan fingerprint density at radius 3 is 2.85 bits per heavy atom. The van der Waals surface area contributed by atoms with Crippen molar-refractivity contribution in [1.29, 1.82) is 0 Å². The molecule has 0 radical (unpaired) electrons. The summed E-state index contributed by atoms with van der Waals surface area (Å²) in [5, 5.41) is 16.8. The van der Waals surface area contributed by atoms with Gasteiger partial charge in [0, 0.05) is 12.3 Å². The highest BCUT2D eigenvalue weighted by Gasteiger charge is 2.12. The zero-order valence-corrected chi connectivity index (χ0v) is 10.4. The second kappa shape index (κ2) is 5.00. The molecule has 0 aliphatic rings. The fourth-order valence-electron chi connectivity index (χ4n) is 1.86. The summed E-state index contributed by atoms with van der Waals surface area (Å²) in [4.78, 5) is 11.1. The van der Waals surface area contributed by atoms with Gasteiger partial charge in [-0.15, -0.1) is 10.2 Å². The molecule has 0 aliphatic heterocycles. The molecule has 2 heterocycles. The van der Waals surface area contributed by atoms with E-state index in [4.69, 9.17) is 9.84 Å². The van der Waals surface area contributed by atoms with Crippen LogP contribution in [-0.2, 0) is 6.61 Å². The first-order valence-electron chi connectivity index (χ1n) is 5.97. The Labute approximate surface area is 114 Å². The van der Waals surface area contributed by atoms with E-state index in [1.54, 1.807) is 0 Å². The molecule has 0 atom stereocenters. The maximum absolute atomic E-state index is 11.1. The molecule has 3 aromatic rings. The van der Waals surface area contributed by atoms with Crippen LogP contribution in [0.1, 0.15) is 15.9 Å². The minimum Gasteiger partial charge on any atom is -0.485 e. The smallest absolute Gasteiger partial charge is 0.337 e. The first-order chi connectivity index (χ1) is 9.74. The molecule has 2 aromatic heterocycles. The highest BCUT2D eigenvalue weighted by molar-refractivity contribution is 5.88. The lowest BCUT2D eigenvalue weighted by atomic mass is 10.2. The number of benzene rings is 1.